The summed E-state index contributed by atoms with van der Waals surface area (Å²) in [4.78, 5) is 32.2. The van der Waals surface area contributed by atoms with E-state index in [4.69, 9.17) is 9.15 Å². The lowest BCUT2D eigenvalue weighted by Gasteiger charge is -2.26. The van der Waals surface area contributed by atoms with Gasteiger partial charge in [-0.15, -0.1) is 0 Å². The summed E-state index contributed by atoms with van der Waals surface area (Å²) in [5.41, 5.74) is 1.96. The second-order valence-electron chi connectivity index (χ2n) is 7.71. The Bertz CT molecular complexity index is 1340. The normalized spacial score (nSPS) is 16.0. The number of carbonyl (C=O) groups is 2. The molecular formula is C26H20N2O5. The summed E-state index contributed by atoms with van der Waals surface area (Å²) < 4.78 is 10.9. The van der Waals surface area contributed by atoms with Gasteiger partial charge in [-0.3, -0.25) is 14.6 Å². The van der Waals surface area contributed by atoms with Crippen molar-refractivity contribution < 1.29 is 23.8 Å². The maximum atomic E-state index is 13.5. The molecule has 1 unspecified atom stereocenters. The van der Waals surface area contributed by atoms with Crippen LogP contribution in [0.25, 0.3) is 11.0 Å². The molecule has 0 saturated heterocycles. The molecule has 2 aromatic carbocycles. The fraction of sp³-hybridized carbons (Fsp3) is 0.115. The van der Waals surface area contributed by atoms with Crippen molar-refractivity contribution >= 4 is 22.7 Å². The highest BCUT2D eigenvalue weighted by Crippen LogP contribution is 2.40. The largest absolute Gasteiger partial charge is 0.503 e. The number of aromatic nitrogens is 1. The van der Waals surface area contributed by atoms with Gasteiger partial charge in [0.1, 0.15) is 11.3 Å². The van der Waals surface area contributed by atoms with Crippen LogP contribution in [0, 0.1) is 0 Å². The van der Waals surface area contributed by atoms with E-state index in [9.17, 15) is 14.7 Å². The number of pyridine rings is 1. The van der Waals surface area contributed by atoms with Crippen molar-refractivity contribution in [3.05, 3.63) is 107 Å². The molecular weight excluding hydrogens is 420 g/mol. The third-order valence-corrected chi connectivity index (χ3v) is 5.71. The number of amides is 1. The van der Waals surface area contributed by atoms with Gasteiger partial charge < -0.3 is 19.2 Å². The van der Waals surface area contributed by atoms with Gasteiger partial charge in [0.25, 0.3) is 5.91 Å². The zero-order valence-electron chi connectivity index (χ0n) is 17.8. The van der Waals surface area contributed by atoms with Crippen molar-refractivity contribution in [3.8, 4) is 5.75 Å². The molecule has 0 bridgehead atoms. The van der Waals surface area contributed by atoms with Crippen LogP contribution in [0.15, 0.2) is 94.9 Å². The number of aliphatic hydroxyl groups is 1. The number of fused-ring (bicyclic) bond motifs is 1. The van der Waals surface area contributed by atoms with Crippen LogP contribution in [0.3, 0.4) is 0 Å². The third kappa shape index (κ3) is 3.63. The monoisotopic (exact) mass is 440 g/mol. The number of rotatable bonds is 6. The number of furan rings is 1. The number of nitrogens with zero attached hydrogens (tertiary/aromatic N) is 2. The topological polar surface area (TPSA) is 92.9 Å². The van der Waals surface area contributed by atoms with Gasteiger partial charge in [-0.2, -0.15) is 0 Å². The van der Waals surface area contributed by atoms with Crippen molar-refractivity contribution in [3.63, 3.8) is 0 Å². The molecule has 0 fully saturated rings. The Morgan fingerprint density at radius 3 is 2.61 bits per heavy atom. The summed E-state index contributed by atoms with van der Waals surface area (Å²) in [5, 5.41) is 11.6. The van der Waals surface area contributed by atoms with Gasteiger partial charge >= 0.3 is 0 Å². The molecule has 2 aromatic heterocycles. The number of hydrogen-bond donors (Lipinski definition) is 1. The maximum absolute atomic E-state index is 13.5. The van der Waals surface area contributed by atoms with E-state index in [1.807, 2.05) is 30.3 Å². The maximum Gasteiger partial charge on any atom is 0.290 e. The Morgan fingerprint density at radius 1 is 1.12 bits per heavy atom. The number of aliphatic hydroxyl groups excluding tert-OH is 1. The number of carbonyl (C=O) groups excluding carboxylic acids is 2. The molecule has 1 aliphatic heterocycles. The van der Waals surface area contributed by atoms with E-state index in [0.717, 1.165) is 10.9 Å². The number of methoxy groups -OCH3 is 1. The van der Waals surface area contributed by atoms with E-state index in [2.05, 4.69) is 4.98 Å². The molecule has 1 atom stereocenters. The highest BCUT2D eigenvalue weighted by atomic mass is 16.5. The molecule has 5 rings (SSSR count). The second-order valence-corrected chi connectivity index (χ2v) is 7.71. The predicted octanol–water partition coefficient (Wildman–Crippen LogP) is 4.61. The number of hydrogen-bond acceptors (Lipinski definition) is 6. The van der Waals surface area contributed by atoms with E-state index >= 15 is 0 Å². The smallest absolute Gasteiger partial charge is 0.290 e. The molecule has 0 saturated carbocycles. The average molecular weight is 440 g/mol. The molecule has 1 aliphatic rings. The van der Waals surface area contributed by atoms with Gasteiger partial charge in [0.2, 0.25) is 5.78 Å². The van der Waals surface area contributed by atoms with Gasteiger partial charge in [0.15, 0.2) is 11.5 Å². The predicted molar refractivity (Wildman–Crippen MR) is 121 cm³/mol. The molecule has 33 heavy (non-hydrogen) atoms. The number of ether oxygens (including phenoxy) is 1. The van der Waals surface area contributed by atoms with Crippen molar-refractivity contribution in [1.29, 1.82) is 0 Å². The first-order valence-corrected chi connectivity index (χ1v) is 10.4. The number of para-hydroxylation sites is 1. The summed E-state index contributed by atoms with van der Waals surface area (Å²) in [5.74, 6) is -0.993. The van der Waals surface area contributed by atoms with Crippen molar-refractivity contribution in [2.45, 2.75) is 12.6 Å². The molecule has 4 aromatic rings. The molecule has 1 N–H and O–H groups in total. The fourth-order valence-electron chi connectivity index (χ4n) is 4.09. The third-order valence-electron chi connectivity index (χ3n) is 5.71. The summed E-state index contributed by atoms with van der Waals surface area (Å²) >= 11 is 0. The van der Waals surface area contributed by atoms with Crippen LogP contribution >= 0.6 is 0 Å². The highest BCUT2D eigenvalue weighted by molar-refractivity contribution is 6.15. The molecule has 7 heteroatoms. The van der Waals surface area contributed by atoms with Crippen molar-refractivity contribution in [2.24, 2.45) is 0 Å². The van der Waals surface area contributed by atoms with Crippen LogP contribution in [0.5, 0.6) is 5.75 Å². The first-order valence-electron chi connectivity index (χ1n) is 10.4. The van der Waals surface area contributed by atoms with Gasteiger partial charge in [-0.25, -0.2) is 0 Å². The molecule has 0 spiro atoms. The summed E-state index contributed by atoms with van der Waals surface area (Å²) in [6, 6.07) is 18.8. The van der Waals surface area contributed by atoms with Gasteiger partial charge in [0.05, 0.1) is 18.7 Å². The van der Waals surface area contributed by atoms with Crippen LogP contribution < -0.4 is 4.74 Å². The van der Waals surface area contributed by atoms with Gasteiger partial charge in [0, 0.05) is 24.3 Å². The minimum atomic E-state index is -0.811. The van der Waals surface area contributed by atoms with Crippen molar-refractivity contribution in [2.75, 3.05) is 7.11 Å². The van der Waals surface area contributed by atoms with E-state index < -0.39 is 23.5 Å². The molecule has 3 heterocycles. The Balaban J connectivity index is 1.56. The fourth-order valence-corrected chi connectivity index (χ4v) is 4.09. The Hall–Kier alpha value is -4.39. The molecule has 0 radical (unpaired) electrons. The first-order chi connectivity index (χ1) is 16.1. The molecule has 1 amide bonds. The summed E-state index contributed by atoms with van der Waals surface area (Å²) in [7, 11) is 1.58. The lowest BCUT2D eigenvalue weighted by molar-refractivity contribution is -0.130. The van der Waals surface area contributed by atoms with Crippen LogP contribution in [0.1, 0.15) is 27.7 Å². The van der Waals surface area contributed by atoms with E-state index in [1.165, 1.54) is 4.90 Å². The van der Waals surface area contributed by atoms with Crippen LogP contribution in [-0.2, 0) is 11.3 Å². The van der Waals surface area contributed by atoms with Gasteiger partial charge in [-0.1, -0.05) is 36.4 Å². The minimum Gasteiger partial charge on any atom is -0.503 e. The van der Waals surface area contributed by atoms with Gasteiger partial charge in [-0.05, 0) is 41.5 Å². The SMILES string of the molecule is COc1ccc(CN2C(=O)C(O)=C(C(=O)c3cc4ccccc4o3)C2c2cccnc2)cc1. The summed E-state index contributed by atoms with van der Waals surface area (Å²) in [6.45, 7) is 0.184. The quantitative estimate of drug-likeness (QED) is 0.440. The van der Waals surface area contributed by atoms with E-state index in [-0.39, 0.29) is 17.9 Å². The van der Waals surface area contributed by atoms with Crippen LogP contribution in [0.2, 0.25) is 0 Å². The van der Waals surface area contributed by atoms with Crippen LogP contribution in [0.4, 0.5) is 0 Å². The zero-order valence-corrected chi connectivity index (χ0v) is 17.8. The van der Waals surface area contributed by atoms with E-state index in [0.29, 0.717) is 16.9 Å². The zero-order chi connectivity index (χ0) is 22.9. The molecule has 164 valence electrons. The van der Waals surface area contributed by atoms with Crippen LogP contribution in [-0.4, -0.2) is 33.8 Å². The second kappa shape index (κ2) is 8.27. The minimum absolute atomic E-state index is 0.0273. The Kier molecular flexibility index (Phi) is 5.14. The first kappa shape index (κ1) is 20.5. The molecule has 7 nitrogen and oxygen atoms in total. The average Bonchev–Trinajstić information content (AvgIpc) is 3.40. The Morgan fingerprint density at radius 2 is 1.91 bits per heavy atom. The highest BCUT2D eigenvalue weighted by Gasteiger charge is 2.44. The number of Topliss-reactive ketones (excluding diaryl/α,β-unsaturated/α-hetero) is 1. The van der Waals surface area contributed by atoms with Crippen molar-refractivity contribution in [1.82, 2.24) is 9.88 Å². The molecule has 0 aliphatic carbocycles. The number of ketones is 1. The Labute approximate surface area is 189 Å². The standard InChI is InChI=1S/C26H20N2O5/c1-32-19-10-8-16(9-11-19)15-28-23(18-6-4-12-27-14-18)22(25(30)26(28)31)24(29)21-13-17-5-2-3-7-20(17)33-21/h2-14,23,30H,15H2,1H3. The number of benzene rings is 2. The lowest BCUT2D eigenvalue weighted by Crippen LogP contribution is -2.30. The van der Waals surface area contributed by atoms with E-state index in [1.54, 1.807) is 55.9 Å². The summed E-state index contributed by atoms with van der Waals surface area (Å²) in [6.07, 6.45) is 3.20. The lowest BCUT2D eigenvalue weighted by atomic mass is 9.96.